The highest BCUT2D eigenvalue weighted by molar-refractivity contribution is 7.80. The quantitative estimate of drug-likeness (QED) is 0.636. The Morgan fingerprint density at radius 3 is 2.32 bits per heavy atom. The first-order valence-corrected chi connectivity index (χ1v) is 8.17. The third-order valence-corrected chi connectivity index (χ3v) is 3.94. The summed E-state index contributed by atoms with van der Waals surface area (Å²) in [5.74, 6) is -1.73. The van der Waals surface area contributed by atoms with Crippen LogP contribution in [0.1, 0.15) is 5.56 Å². The van der Waals surface area contributed by atoms with Crippen LogP contribution in [-0.2, 0) is 6.54 Å². The van der Waals surface area contributed by atoms with Gasteiger partial charge in [0.2, 0.25) is 0 Å². The first kappa shape index (κ1) is 17.0. The number of hydrogen-bond donors (Lipinski definition) is 2. The van der Waals surface area contributed by atoms with E-state index in [1.165, 1.54) is 6.07 Å². The summed E-state index contributed by atoms with van der Waals surface area (Å²) in [7, 11) is 0. The molecule has 2 nitrogen and oxygen atoms in total. The van der Waals surface area contributed by atoms with Crippen LogP contribution in [0.3, 0.4) is 0 Å². The molecular formula is C20H16F2N2S. The smallest absolute Gasteiger partial charge is 0.171 e. The van der Waals surface area contributed by atoms with E-state index in [1.54, 1.807) is 0 Å². The van der Waals surface area contributed by atoms with Crippen LogP contribution >= 0.6 is 12.2 Å². The summed E-state index contributed by atoms with van der Waals surface area (Å²) in [6, 6.07) is 21.6. The fourth-order valence-corrected chi connectivity index (χ4v) is 2.64. The maximum absolute atomic E-state index is 13.2. The average Bonchev–Trinajstić information content (AvgIpc) is 2.64. The Kier molecular flexibility index (Phi) is 5.36. The standard InChI is InChI=1S/C20H16F2N2S/c21-17-11-10-14(12-18(17)22)13-23-20(25)24-19-9-5-4-8-16(19)15-6-2-1-3-7-15/h1-12H,13H2,(H2,23,24,25). The van der Waals surface area contributed by atoms with E-state index in [0.717, 1.165) is 28.9 Å². The van der Waals surface area contributed by atoms with Gasteiger partial charge in [-0.05, 0) is 41.5 Å². The molecule has 0 bridgehead atoms. The zero-order valence-corrected chi connectivity index (χ0v) is 14.1. The molecule has 0 saturated heterocycles. The third-order valence-electron chi connectivity index (χ3n) is 3.70. The van der Waals surface area contributed by atoms with Gasteiger partial charge >= 0.3 is 0 Å². The van der Waals surface area contributed by atoms with Crippen LogP contribution in [0.4, 0.5) is 14.5 Å². The molecule has 0 heterocycles. The first-order valence-electron chi connectivity index (χ1n) is 7.77. The Bertz CT molecular complexity index is 882. The van der Waals surface area contributed by atoms with Crippen molar-refractivity contribution in [2.75, 3.05) is 5.32 Å². The monoisotopic (exact) mass is 354 g/mol. The molecule has 3 aromatic carbocycles. The number of nitrogens with one attached hydrogen (secondary N) is 2. The molecule has 5 heteroatoms. The fourth-order valence-electron chi connectivity index (χ4n) is 2.46. The van der Waals surface area contributed by atoms with Gasteiger partial charge in [-0.3, -0.25) is 0 Å². The van der Waals surface area contributed by atoms with E-state index in [4.69, 9.17) is 12.2 Å². The zero-order valence-electron chi connectivity index (χ0n) is 13.3. The Morgan fingerprint density at radius 1 is 0.840 bits per heavy atom. The van der Waals surface area contributed by atoms with E-state index < -0.39 is 11.6 Å². The Labute approximate surface area is 150 Å². The van der Waals surface area contributed by atoms with Crippen LogP contribution in [0.2, 0.25) is 0 Å². The van der Waals surface area contributed by atoms with Crippen molar-refractivity contribution in [1.82, 2.24) is 5.32 Å². The first-order chi connectivity index (χ1) is 12.1. The van der Waals surface area contributed by atoms with Gasteiger partial charge in [0, 0.05) is 17.8 Å². The highest BCUT2D eigenvalue weighted by Crippen LogP contribution is 2.27. The van der Waals surface area contributed by atoms with E-state index >= 15 is 0 Å². The number of hydrogen-bond acceptors (Lipinski definition) is 1. The highest BCUT2D eigenvalue weighted by Gasteiger charge is 2.07. The minimum absolute atomic E-state index is 0.302. The molecule has 126 valence electrons. The molecule has 0 radical (unpaired) electrons. The lowest BCUT2D eigenvalue weighted by atomic mass is 10.0. The molecule has 0 aliphatic rings. The SMILES string of the molecule is Fc1ccc(CNC(=S)Nc2ccccc2-c2ccccc2)cc1F. The van der Waals surface area contributed by atoms with Gasteiger partial charge in [0.1, 0.15) is 0 Å². The summed E-state index contributed by atoms with van der Waals surface area (Å²) >= 11 is 5.31. The minimum atomic E-state index is -0.868. The predicted octanol–water partition coefficient (Wildman–Crippen LogP) is 5.12. The lowest BCUT2D eigenvalue weighted by molar-refractivity contribution is 0.507. The van der Waals surface area contributed by atoms with Crippen LogP contribution in [-0.4, -0.2) is 5.11 Å². The average molecular weight is 354 g/mol. The number of thiocarbonyl (C=S) groups is 1. The number of halogens is 2. The second kappa shape index (κ2) is 7.85. The van der Waals surface area contributed by atoms with Crippen LogP contribution in [0.5, 0.6) is 0 Å². The lowest BCUT2D eigenvalue weighted by Gasteiger charge is -2.14. The van der Waals surface area contributed by atoms with Crippen molar-refractivity contribution in [3.8, 4) is 11.1 Å². The molecule has 0 saturated carbocycles. The number of anilines is 1. The van der Waals surface area contributed by atoms with E-state index in [0.29, 0.717) is 17.2 Å². The Morgan fingerprint density at radius 2 is 1.56 bits per heavy atom. The van der Waals surface area contributed by atoms with Crippen molar-refractivity contribution in [3.05, 3.63) is 90.0 Å². The maximum Gasteiger partial charge on any atom is 0.171 e. The Hall–Kier alpha value is -2.79. The molecule has 3 aromatic rings. The third kappa shape index (κ3) is 4.39. The van der Waals surface area contributed by atoms with Gasteiger partial charge in [-0.15, -0.1) is 0 Å². The molecule has 0 spiro atoms. The van der Waals surface area contributed by atoms with Gasteiger partial charge < -0.3 is 10.6 Å². The van der Waals surface area contributed by atoms with Crippen molar-refractivity contribution >= 4 is 23.0 Å². The minimum Gasteiger partial charge on any atom is -0.358 e. The topological polar surface area (TPSA) is 24.1 Å². The van der Waals surface area contributed by atoms with Gasteiger partial charge in [-0.25, -0.2) is 8.78 Å². The number of rotatable bonds is 4. The molecule has 0 aliphatic heterocycles. The van der Waals surface area contributed by atoms with E-state index in [-0.39, 0.29) is 0 Å². The van der Waals surface area contributed by atoms with Crippen LogP contribution in [0, 0.1) is 11.6 Å². The van der Waals surface area contributed by atoms with Crippen molar-refractivity contribution < 1.29 is 8.78 Å². The fraction of sp³-hybridized carbons (Fsp3) is 0.0500. The highest BCUT2D eigenvalue weighted by atomic mass is 32.1. The second-order valence-electron chi connectivity index (χ2n) is 5.47. The molecule has 0 aromatic heterocycles. The largest absolute Gasteiger partial charge is 0.358 e. The van der Waals surface area contributed by atoms with E-state index in [2.05, 4.69) is 10.6 Å². The van der Waals surface area contributed by atoms with E-state index in [9.17, 15) is 8.78 Å². The summed E-state index contributed by atoms with van der Waals surface area (Å²) in [5, 5.41) is 6.57. The molecule has 3 rings (SSSR count). The summed E-state index contributed by atoms with van der Waals surface area (Å²) in [6.45, 7) is 0.302. The molecule has 0 amide bonds. The van der Waals surface area contributed by atoms with Crippen molar-refractivity contribution in [2.24, 2.45) is 0 Å². The molecule has 2 N–H and O–H groups in total. The summed E-state index contributed by atoms with van der Waals surface area (Å²) < 4.78 is 26.2. The van der Waals surface area contributed by atoms with Crippen molar-refractivity contribution in [3.63, 3.8) is 0 Å². The number of benzene rings is 3. The van der Waals surface area contributed by atoms with Gasteiger partial charge in [0.25, 0.3) is 0 Å². The number of para-hydroxylation sites is 1. The second-order valence-corrected chi connectivity index (χ2v) is 5.88. The van der Waals surface area contributed by atoms with Gasteiger partial charge in [0.15, 0.2) is 16.7 Å². The van der Waals surface area contributed by atoms with Gasteiger partial charge in [-0.2, -0.15) is 0 Å². The maximum atomic E-state index is 13.2. The molecule has 0 atom stereocenters. The summed E-state index contributed by atoms with van der Waals surface area (Å²) in [5.41, 5.74) is 3.59. The van der Waals surface area contributed by atoms with E-state index in [1.807, 2.05) is 54.6 Å². The summed E-state index contributed by atoms with van der Waals surface area (Å²) in [4.78, 5) is 0. The van der Waals surface area contributed by atoms with Crippen molar-refractivity contribution in [1.29, 1.82) is 0 Å². The molecule has 0 unspecified atom stereocenters. The predicted molar refractivity (Wildman–Crippen MR) is 101 cm³/mol. The van der Waals surface area contributed by atoms with Gasteiger partial charge in [-0.1, -0.05) is 54.6 Å². The van der Waals surface area contributed by atoms with Crippen LogP contribution in [0.25, 0.3) is 11.1 Å². The summed E-state index contributed by atoms with van der Waals surface area (Å²) in [6.07, 6.45) is 0. The lowest BCUT2D eigenvalue weighted by Crippen LogP contribution is -2.28. The van der Waals surface area contributed by atoms with Crippen LogP contribution in [0.15, 0.2) is 72.8 Å². The van der Waals surface area contributed by atoms with Crippen LogP contribution < -0.4 is 10.6 Å². The molecule has 25 heavy (non-hydrogen) atoms. The van der Waals surface area contributed by atoms with Crippen molar-refractivity contribution in [2.45, 2.75) is 6.54 Å². The molecule has 0 fully saturated rings. The molecular weight excluding hydrogens is 338 g/mol. The Balaban J connectivity index is 1.68. The zero-order chi connectivity index (χ0) is 17.6. The van der Waals surface area contributed by atoms with Gasteiger partial charge in [0.05, 0.1) is 0 Å². The molecule has 0 aliphatic carbocycles. The normalized spacial score (nSPS) is 10.3.